The molecule has 0 aromatic heterocycles. The second kappa shape index (κ2) is 8.16. The van der Waals surface area contributed by atoms with Gasteiger partial charge in [-0.05, 0) is 74.2 Å². The zero-order chi connectivity index (χ0) is 17.7. The highest BCUT2D eigenvalue weighted by atomic mass is 79.9. The Morgan fingerprint density at radius 3 is 2.67 bits per heavy atom. The Bertz CT molecular complexity index is 771. The van der Waals surface area contributed by atoms with Crippen LogP contribution in [0.2, 0.25) is 0 Å². The first-order valence-corrected chi connectivity index (χ1v) is 8.37. The lowest BCUT2D eigenvalue weighted by atomic mass is 10.2. The van der Waals surface area contributed by atoms with Crippen molar-refractivity contribution < 1.29 is 19.7 Å². The van der Waals surface area contributed by atoms with Crippen LogP contribution >= 0.6 is 31.9 Å². The van der Waals surface area contributed by atoms with Gasteiger partial charge in [-0.25, -0.2) is 5.43 Å². The van der Waals surface area contributed by atoms with Crippen LogP contribution in [0.4, 0.5) is 0 Å². The summed E-state index contributed by atoms with van der Waals surface area (Å²) < 4.78 is 6.49. The molecule has 3 N–H and O–H groups in total. The lowest BCUT2D eigenvalue weighted by Crippen LogP contribution is -2.24. The number of hydrogen-bond acceptors (Lipinski definition) is 5. The largest absolute Gasteiger partial charge is 0.504 e. The number of nitrogens with one attached hydrogen (secondary N) is 1. The topological polar surface area (TPSA) is 91.2 Å². The van der Waals surface area contributed by atoms with E-state index in [1.54, 1.807) is 12.1 Å². The van der Waals surface area contributed by atoms with Crippen LogP contribution in [-0.2, 0) is 4.79 Å². The number of hydrogen-bond donors (Lipinski definition) is 3. The lowest BCUT2D eigenvalue weighted by molar-refractivity contribution is -0.123. The average molecular weight is 458 g/mol. The number of halogens is 2. The maximum Gasteiger partial charge on any atom is 0.277 e. The minimum absolute atomic E-state index is 0.191. The van der Waals surface area contributed by atoms with Gasteiger partial charge in [0.15, 0.2) is 18.1 Å². The Hall–Kier alpha value is -2.06. The number of aromatic hydroxyl groups is 2. The molecule has 2 rings (SSSR count). The fourth-order valence-electron chi connectivity index (χ4n) is 1.76. The standard InChI is InChI=1S/C16H14Br2N2O4/c1-9-2-3-14(11(17)4-9)24-8-15(22)20-19-7-10-5-12(18)16(23)13(21)6-10/h2-7,21,23H,8H2,1H3,(H,20,22)/b19-7+. The van der Waals surface area contributed by atoms with Crippen molar-refractivity contribution in [3.05, 3.63) is 50.4 Å². The molecule has 0 spiro atoms. The van der Waals surface area contributed by atoms with Crippen LogP contribution < -0.4 is 10.2 Å². The van der Waals surface area contributed by atoms with Crippen LogP contribution in [0.25, 0.3) is 0 Å². The molecular weight excluding hydrogens is 444 g/mol. The molecule has 0 fully saturated rings. The molecule has 0 saturated heterocycles. The van der Waals surface area contributed by atoms with Gasteiger partial charge in [0, 0.05) is 0 Å². The normalized spacial score (nSPS) is 10.8. The molecule has 0 unspecified atom stereocenters. The molecule has 0 heterocycles. The molecule has 2 aromatic carbocycles. The zero-order valence-corrected chi connectivity index (χ0v) is 15.8. The van der Waals surface area contributed by atoms with Crippen molar-refractivity contribution in [3.63, 3.8) is 0 Å². The Balaban J connectivity index is 1.89. The van der Waals surface area contributed by atoms with Gasteiger partial charge in [0.05, 0.1) is 15.2 Å². The second-order valence-corrected chi connectivity index (χ2v) is 6.59. The van der Waals surface area contributed by atoms with E-state index in [-0.39, 0.29) is 18.1 Å². The third-order valence-electron chi connectivity index (χ3n) is 2.91. The molecular formula is C16H14Br2N2O4. The predicted octanol–water partition coefficient (Wildman–Crippen LogP) is 3.46. The molecule has 0 aliphatic carbocycles. The van der Waals surface area contributed by atoms with Gasteiger partial charge in [0.25, 0.3) is 5.91 Å². The molecule has 0 aliphatic heterocycles. The molecule has 0 bridgehead atoms. The smallest absolute Gasteiger partial charge is 0.277 e. The SMILES string of the molecule is Cc1ccc(OCC(=O)N/N=C/c2cc(O)c(O)c(Br)c2)c(Br)c1. The Labute approximate surface area is 155 Å². The molecule has 0 aliphatic rings. The summed E-state index contributed by atoms with van der Waals surface area (Å²) in [6, 6.07) is 8.40. The summed E-state index contributed by atoms with van der Waals surface area (Å²) in [6.45, 7) is 1.76. The van der Waals surface area contributed by atoms with Crippen molar-refractivity contribution in [3.8, 4) is 17.2 Å². The quantitative estimate of drug-likeness (QED) is 0.364. The third-order valence-corrected chi connectivity index (χ3v) is 4.14. The van der Waals surface area contributed by atoms with E-state index in [4.69, 9.17) is 4.74 Å². The Morgan fingerprint density at radius 2 is 2.00 bits per heavy atom. The number of aryl methyl sites for hydroxylation is 1. The van der Waals surface area contributed by atoms with Crippen LogP contribution in [0.3, 0.4) is 0 Å². The third kappa shape index (κ3) is 4.97. The van der Waals surface area contributed by atoms with Gasteiger partial charge >= 0.3 is 0 Å². The zero-order valence-electron chi connectivity index (χ0n) is 12.6. The number of hydrazone groups is 1. The van der Waals surface area contributed by atoms with Crippen LogP contribution in [0.5, 0.6) is 17.2 Å². The number of phenolic OH excluding ortho intramolecular Hbond substituents is 2. The molecule has 24 heavy (non-hydrogen) atoms. The number of amides is 1. The highest BCUT2D eigenvalue weighted by molar-refractivity contribution is 9.10. The van der Waals surface area contributed by atoms with E-state index in [9.17, 15) is 15.0 Å². The summed E-state index contributed by atoms with van der Waals surface area (Å²) in [6.07, 6.45) is 1.34. The van der Waals surface area contributed by atoms with Gasteiger partial charge in [-0.2, -0.15) is 5.10 Å². The number of nitrogens with zero attached hydrogens (tertiary/aromatic N) is 1. The first-order chi connectivity index (χ1) is 11.4. The van der Waals surface area contributed by atoms with Crippen LogP contribution in [0.1, 0.15) is 11.1 Å². The summed E-state index contributed by atoms with van der Waals surface area (Å²) in [4.78, 5) is 11.7. The number of benzene rings is 2. The summed E-state index contributed by atoms with van der Waals surface area (Å²) in [5.41, 5.74) is 3.89. The number of rotatable bonds is 5. The van der Waals surface area contributed by atoms with E-state index >= 15 is 0 Å². The van der Waals surface area contributed by atoms with Crippen molar-refractivity contribution in [2.45, 2.75) is 6.92 Å². The van der Waals surface area contributed by atoms with Crippen molar-refractivity contribution in [1.29, 1.82) is 0 Å². The summed E-state index contributed by atoms with van der Waals surface area (Å²) in [5.74, 6) is -0.411. The van der Waals surface area contributed by atoms with Crippen LogP contribution in [0.15, 0.2) is 44.4 Å². The fraction of sp³-hybridized carbons (Fsp3) is 0.125. The molecule has 6 nitrogen and oxygen atoms in total. The van der Waals surface area contributed by atoms with E-state index in [1.165, 1.54) is 12.3 Å². The van der Waals surface area contributed by atoms with Crippen molar-refractivity contribution >= 4 is 44.0 Å². The maximum atomic E-state index is 11.7. The van der Waals surface area contributed by atoms with E-state index < -0.39 is 5.91 Å². The monoisotopic (exact) mass is 456 g/mol. The van der Waals surface area contributed by atoms with Gasteiger partial charge in [0.2, 0.25) is 0 Å². The predicted molar refractivity (Wildman–Crippen MR) is 97.6 cm³/mol. The van der Waals surface area contributed by atoms with E-state index in [1.807, 2.05) is 19.1 Å². The van der Waals surface area contributed by atoms with Gasteiger partial charge in [-0.1, -0.05) is 6.07 Å². The van der Waals surface area contributed by atoms with Crippen molar-refractivity contribution in [2.24, 2.45) is 5.10 Å². The number of ether oxygens (including phenoxy) is 1. The van der Waals surface area contributed by atoms with Crippen LogP contribution in [-0.4, -0.2) is 28.9 Å². The summed E-state index contributed by atoms with van der Waals surface area (Å²) in [7, 11) is 0. The number of carbonyl (C=O) groups excluding carboxylic acids is 1. The molecule has 0 atom stereocenters. The van der Waals surface area contributed by atoms with Crippen molar-refractivity contribution in [1.82, 2.24) is 5.43 Å². The fourth-order valence-corrected chi connectivity index (χ4v) is 2.83. The van der Waals surface area contributed by atoms with Gasteiger partial charge in [-0.3, -0.25) is 4.79 Å². The molecule has 2 aromatic rings. The first kappa shape index (κ1) is 18.3. The van der Waals surface area contributed by atoms with E-state index in [2.05, 4.69) is 42.4 Å². The van der Waals surface area contributed by atoms with Gasteiger partial charge < -0.3 is 14.9 Å². The van der Waals surface area contributed by atoms with E-state index in [0.717, 1.165) is 10.0 Å². The van der Waals surface area contributed by atoms with E-state index in [0.29, 0.717) is 15.8 Å². The molecule has 0 radical (unpaired) electrons. The van der Waals surface area contributed by atoms with Crippen LogP contribution in [0, 0.1) is 6.92 Å². The highest BCUT2D eigenvalue weighted by Gasteiger charge is 2.07. The molecule has 0 saturated carbocycles. The molecule has 126 valence electrons. The minimum atomic E-state index is -0.430. The average Bonchev–Trinajstić information content (AvgIpc) is 2.51. The summed E-state index contributed by atoms with van der Waals surface area (Å²) in [5, 5.41) is 22.7. The number of phenols is 2. The first-order valence-electron chi connectivity index (χ1n) is 6.79. The Kier molecular flexibility index (Phi) is 6.22. The minimum Gasteiger partial charge on any atom is -0.504 e. The summed E-state index contributed by atoms with van der Waals surface area (Å²) >= 11 is 6.46. The lowest BCUT2D eigenvalue weighted by Gasteiger charge is -2.07. The molecule has 1 amide bonds. The maximum absolute atomic E-state index is 11.7. The van der Waals surface area contributed by atoms with Crippen molar-refractivity contribution in [2.75, 3.05) is 6.61 Å². The molecule has 8 heteroatoms. The Morgan fingerprint density at radius 1 is 1.25 bits per heavy atom. The van der Waals surface area contributed by atoms with Gasteiger partial charge in [-0.15, -0.1) is 0 Å². The van der Waals surface area contributed by atoms with Gasteiger partial charge in [0.1, 0.15) is 5.75 Å². The number of carbonyl (C=O) groups is 1. The highest BCUT2D eigenvalue weighted by Crippen LogP contribution is 2.33. The second-order valence-electron chi connectivity index (χ2n) is 4.89.